The first-order chi connectivity index (χ1) is 14.8. The van der Waals surface area contributed by atoms with E-state index in [1.54, 1.807) is 6.07 Å². The Morgan fingerprint density at radius 1 is 1.06 bits per heavy atom. The molecule has 0 saturated heterocycles. The topological polar surface area (TPSA) is 145 Å². The zero-order chi connectivity index (χ0) is 22.5. The first kappa shape index (κ1) is 21.6. The van der Waals surface area contributed by atoms with E-state index in [2.05, 4.69) is 10.3 Å². The molecule has 3 rings (SSSR count). The lowest BCUT2D eigenvalue weighted by Crippen LogP contribution is -2.31. The predicted molar refractivity (Wildman–Crippen MR) is 112 cm³/mol. The van der Waals surface area contributed by atoms with Gasteiger partial charge in [-0.2, -0.15) is 0 Å². The Kier molecular flexibility index (Phi) is 6.36. The lowest BCUT2D eigenvalue weighted by molar-refractivity contribution is -0.384. The summed E-state index contributed by atoms with van der Waals surface area (Å²) in [5.74, 6) is -0.587. The van der Waals surface area contributed by atoms with Crippen LogP contribution in [0.4, 0.5) is 11.4 Å². The van der Waals surface area contributed by atoms with Crippen molar-refractivity contribution in [1.82, 2.24) is 15.2 Å². The number of nitro benzene ring substituents is 2. The zero-order valence-electron chi connectivity index (χ0n) is 16.8. The summed E-state index contributed by atoms with van der Waals surface area (Å²) in [6.45, 7) is 0.918. The van der Waals surface area contributed by atoms with Crippen molar-refractivity contribution in [2.45, 2.75) is 0 Å². The van der Waals surface area contributed by atoms with Gasteiger partial charge in [0, 0.05) is 36.9 Å². The van der Waals surface area contributed by atoms with Crippen LogP contribution in [0.5, 0.6) is 0 Å². The minimum absolute atomic E-state index is 0.0146. The Balaban J connectivity index is 2.06. The molecule has 0 unspecified atom stereocenters. The van der Waals surface area contributed by atoms with Crippen LogP contribution in [0.25, 0.3) is 22.8 Å². The van der Waals surface area contributed by atoms with Gasteiger partial charge in [-0.25, -0.2) is 4.98 Å². The standard InChI is InChI=1S/C20H19N5O6/c1-23(2)12-11-21-19(26)17-18(15-5-3-4-6-16(15)25(29)30)31-20(22-17)13-7-9-14(10-8-13)24(27)28/h3-10H,11-12H2,1-2H3,(H,21,26). The monoisotopic (exact) mass is 425 g/mol. The fraction of sp³-hybridized carbons (Fsp3) is 0.200. The maximum atomic E-state index is 12.8. The summed E-state index contributed by atoms with van der Waals surface area (Å²) < 4.78 is 5.77. The van der Waals surface area contributed by atoms with Gasteiger partial charge in [-0.3, -0.25) is 25.0 Å². The molecule has 2 aromatic carbocycles. The minimum Gasteiger partial charge on any atom is -0.435 e. The van der Waals surface area contributed by atoms with E-state index in [9.17, 15) is 25.0 Å². The second-order valence-corrected chi connectivity index (χ2v) is 6.83. The van der Waals surface area contributed by atoms with E-state index in [1.807, 2.05) is 19.0 Å². The normalized spacial score (nSPS) is 10.8. The van der Waals surface area contributed by atoms with Crippen molar-refractivity contribution < 1.29 is 19.1 Å². The summed E-state index contributed by atoms with van der Waals surface area (Å²) in [7, 11) is 3.71. The van der Waals surface area contributed by atoms with Crippen LogP contribution in [-0.2, 0) is 0 Å². The molecular weight excluding hydrogens is 406 g/mol. The highest BCUT2D eigenvalue weighted by Crippen LogP contribution is 2.35. The van der Waals surface area contributed by atoms with E-state index in [-0.39, 0.29) is 34.3 Å². The summed E-state index contributed by atoms with van der Waals surface area (Å²) in [5, 5.41) is 25.1. The molecule has 11 heteroatoms. The van der Waals surface area contributed by atoms with Crippen LogP contribution >= 0.6 is 0 Å². The van der Waals surface area contributed by atoms with Gasteiger partial charge < -0.3 is 14.6 Å². The van der Waals surface area contributed by atoms with Gasteiger partial charge >= 0.3 is 0 Å². The molecule has 0 saturated carbocycles. The van der Waals surface area contributed by atoms with Crippen molar-refractivity contribution in [3.8, 4) is 22.8 Å². The highest BCUT2D eigenvalue weighted by atomic mass is 16.6. The number of benzene rings is 2. The van der Waals surface area contributed by atoms with Crippen molar-refractivity contribution in [3.63, 3.8) is 0 Å². The Labute approximate surface area is 176 Å². The van der Waals surface area contributed by atoms with Gasteiger partial charge in [0.1, 0.15) is 0 Å². The molecule has 0 aliphatic rings. The molecule has 0 aliphatic carbocycles. The van der Waals surface area contributed by atoms with Gasteiger partial charge in [-0.05, 0) is 32.3 Å². The summed E-state index contributed by atoms with van der Waals surface area (Å²) in [4.78, 5) is 40.1. The van der Waals surface area contributed by atoms with Crippen LogP contribution in [-0.4, -0.2) is 52.8 Å². The average Bonchev–Trinajstić information content (AvgIpc) is 3.19. The molecule has 3 aromatic rings. The summed E-state index contributed by atoms with van der Waals surface area (Å²) in [6.07, 6.45) is 0. The van der Waals surface area contributed by atoms with Crippen molar-refractivity contribution in [2.24, 2.45) is 0 Å². The highest BCUT2D eigenvalue weighted by molar-refractivity contribution is 5.99. The third-order valence-electron chi connectivity index (χ3n) is 4.36. The first-order valence-corrected chi connectivity index (χ1v) is 9.20. The van der Waals surface area contributed by atoms with Crippen molar-refractivity contribution in [3.05, 3.63) is 74.5 Å². The predicted octanol–water partition coefficient (Wildman–Crippen LogP) is 3.12. The second-order valence-electron chi connectivity index (χ2n) is 6.83. The molecular formula is C20H19N5O6. The maximum absolute atomic E-state index is 12.8. The number of likely N-dealkylation sites (N-methyl/N-ethyl adjacent to an activating group) is 1. The van der Waals surface area contributed by atoms with Crippen LogP contribution in [0.3, 0.4) is 0 Å². The largest absolute Gasteiger partial charge is 0.435 e. The van der Waals surface area contributed by atoms with E-state index >= 15 is 0 Å². The van der Waals surface area contributed by atoms with Gasteiger partial charge in [-0.15, -0.1) is 0 Å². The highest BCUT2D eigenvalue weighted by Gasteiger charge is 2.27. The number of nitro groups is 2. The second kappa shape index (κ2) is 9.13. The SMILES string of the molecule is CN(C)CCNC(=O)c1nc(-c2ccc([N+](=O)[O-])cc2)oc1-c1ccccc1[N+](=O)[O-]. The number of amides is 1. The summed E-state index contributed by atoms with van der Waals surface area (Å²) >= 11 is 0. The molecule has 160 valence electrons. The molecule has 1 heterocycles. The van der Waals surface area contributed by atoms with Crippen molar-refractivity contribution in [2.75, 3.05) is 27.2 Å². The third kappa shape index (κ3) is 4.90. The van der Waals surface area contributed by atoms with Gasteiger partial charge in [-0.1, -0.05) is 12.1 Å². The number of oxazole rings is 1. The molecule has 1 aromatic heterocycles. The molecule has 0 radical (unpaired) electrons. The number of para-hydroxylation sites is 1. The molecule has 1 amide bonds. The van der Waals surface area contributed by atoms with E-state index in [1.165, 1.54) is 42.5 Å². The summed E-state index contributed by atoms with van der Waals surface area (Å²) in [5.41, 5.74) is 0.0252. The number of nitrogens with zero attached hydrogens (tertiary/aromatic N) is 4. The van der Waals surface area contributed by atoms with E-state index in [0.29, 0.717) is 18.7 Å². The molecule has 0 spiro atoms. The fourth-order valence-electron chi connectivity index (χ4n) is 2.81. The van der Waals surface area contributed by atoms with Crippen LogP contribution < -0.4 is 5.32 Å². The Morgan fingerprint density at radius 2 is 1.74 bits per heavy atom. The summed E-state index contributed by atoms with van der Waals surface area (Å²) in [6, 6.07) is 11.3. The fourth-order valence-corrected chi connectivity index (χ4v) is 2.81. The van der Waals surface area contributed by atoms with Crippen molar-refractivity contribution in [1.29, 1.82) is 0 Å². The van der Waals surface area contributed by atoms with Crippen LogP contribution in [0, 0.1) is 20.2 Å². The number of carbonyl (C=O) groups is 1. The quantitative estimate of drug-likeness (QED) is 0.428. The first-order valence-electron chi connectivity index (χ1n) is 9.20. The smallest absolute Gasteiger partial charge is 0.280 e. The number of hydrogen-bond acceptors (Lipinski definition) is 8. The van der Waals surface area contributed by atoms with Crippen molar-refractivity contribution >= 4 is 17.3 Å². The van der Waals surface area contributed by atoms with Gasteiger partial charge in [0.2, 0.25) is 5.89 Å². The van der Waals surface area contributed by atoms with E-state index in [0.717, 1.165) is 0 Å². The number of aromatic nitrogens is 1. The molecule has 11 nitrogen and oxygen atoms in total. The molecule has 0 atom stereocenters. The van der Waals surface area contributed by atoms with E-state index < -0.39 is 15.8 Å². The van der Waals surface area contributed by atoms with Gasteiger partial charge in [0.05, 0.1) is 15.4 Å². The third-order valence-corrected chi connectivity index (χ3v) is 4.36. The minimum atomic E-state index is -0.572. The number of hydrogen-bond donors (Lipinski definition) is 1. The van der Waals surface area contributed by atoms with Crippen LogP contribution in [0.1, 0.15) is 10.5 Å². The van der Waals surface area contributed by atoms with Crippen LogP contribution in [0.2, 0.25) is 0 Å². The molecule has 0 bridgehead atoms. The molecule has 1 N–H and O–H groups in total. The Bertz CT molecular complexity index is 1120. The van der Waals surface area contributed by atoms with Gasteiger partial charge in [0.25, 0.3) is 17.3 Å². The lowest BCUT2D eigenvalue weighted by Gasteiger charge is -2.09. The Hall–Kier alpha value is -4.12. The lowest BCUT2D eigenvalue weighted by atomic mass is 10.1. The number of nitrogens with one attached hydrogen (secondary N) is 1. The maximum Gasteiger partial charge on any atom is 0.280 e. The number of rotatable bonds is 8. The van der Waals surface area contributed by atoms with Crippen LogP contribution in [0.15, 0.2) is 52.9 Å². The van der Waals surface area contributed by atoms with E-state index in [4.69, 9.17) is 4.42 Å². The molecule has 0 aliphatic heterocycles. The molecule has 0 fully saturated rings. The average molecular weight is 425 g/mol. The molecule has 31 heavy (non-hydrogen) atoms. The van der Waals surface area contributed by atoms with Gasteiger partial charge in [0.15, 0.2) is 11.5 Å². The zero-order valence-corrected chi connectivity index (χ0v) is 16.8. The number of carbonyl (C=O) groups excluding carboxylic acids is 1. The Morgan fingerprint density at radius 3 is 2.35 bits per heavy atom. The number of non-ortho nitro benzene ring substituents is 1.